The summed E-state index contributed by atoms with van der Waals surface area (Å²) in [5.41, 5.74) is 3.82. The lowest BCUT2D eigenvalue weighted by atomic mass is 9.77. The first-order valence-corrected chi connectivity index (χ1v) is 14.0. The molecule has 0 radical (unpaired) electrons. The van der Waals surface area contributed by atoms with Crippen LogP contribution in [0.25, 0.3) is 0 Å². The van der Waals surface area contributed by atoms with E-state index in [1.807, 2.05) is 6.92 Å². The topological polar surface area (TPSA) is 152 Å². The van der Waals surface area contributed by atoms with E-state index in [1.54, 1.807) is 4.90 Å². The fourth-order valence-electron chi connectivity index (χ4n) is 6.66. The Labute approximate surface area is 227 Å². The molecule has 0 bridgehead atoms. The lowest BCUT2D eigenvalue weighted by molar-refractivity contribution is -0.133. The zero-order valence-electron chi connectivity index (χ0n) is 23.1. The molecule has 12 nitrogen and oxygen atoms in total. The molecule has 3 amide bonds. The van der Waals surface area contributed by atoms with Gasteiger partial charge in [-0.15, -0.1) is 0 Å². The summed E-state index contributed by atoms with van der Waals surface area (Å²) in [6, 6.07) is -0.619. The van der Waals surface area contributed by atoms with Gasteiger partial charge in [-0.05, 0) is 63.7 Å². The molecule has 2 saturated carbocycles. The molecule has 0 spiro atoms. The number of imide groups is 1. The van der Waals surface area contributed by atoms with Gasteiger partial charge in [0.1, 0.15) is 16.9 Å². The van der Waals surface area contributed by atoms with E-state index in [-0.39, 0.29) is 47.1 Å². The number of rotatable bonds is 8. The van der Waals surface area contributed by atoms with Gasteiger partial charge in [0, 0.05) is 39.1 Å². The second-order valence-electron chi connectivity index (χ2n) is 12.0. The average molecular weight is 545 g/mol. The van der Waals surface area contributed by atoms with Crippen LogP contribution in [-0.4, -0.2) is 81.2 Å². The van der Waals surface area contributed by atoms with Gasteiger partial charge in [0.25, 0.3) is 11.5 Å². The molecule has 3 N–H and O–H groups in total. The van der Waals surface area contributed by atoms with Crippen LogP contribution in [0.4, 0.5) is 4.79 Å². The third kappa shape index (κ3) is 4.66. The van der Waals surface area contributed by atoms with E-state index in [2.05, 4.69) is 4.99 Å². The zero-order chi connectivity index (χ0) is 28.1. The highest BCUT2D eigenvalue weighted by Gasteiger charge is 2.54. The van der Waals surface area contributed by atoms with Crippen LogP contribution in [0.3, 0.4) is 0 Å². The molecule has 5 rings (SSSR count). The standard InChI is InChI=1S/C27H40N6O6/c1-27(24(36)30(3)25(37)32(27)13-18-14-39-15-18)11-16-7-9-19(10-8-16)33-23(35)20(21(28)29-2)22(34)31(26(33)38)12-17-5-4-6-17/h16-19,34H,4-15H2,1-3H3,(H2,28,29)/t16?,19?,27-/m1/s1. The summed E-state index contributed by atoms with van der Waals surface area (Å²) >= 11 is 0. The highest BCUT2D eigenvalue weighted by Crippen LogP contribution is 2.41. The van der Waals surface area contributed by atoms with Crippen molar-refractivity contribution in [1.82, 2.24) is 18.9 Å². The Morgan fingerprint density at radius 1 is 1.03 bits per heavy atom. The first kappa shape index (κ1) is 27.4. The van der Waals surface area contributed by atoms with Crippen molar-refractivity contribution in [2.75, 3.05) is 33.9 Å². The molecular weight excluding hydrogens is 504 g/mol. The van der Waals surface area contributed by atoms with Crippen molar-refractivity contribution >= 4 is 17.8 Å². The molecule has 2 aliphatic heterocycles. The van der Waals surface area contributed by atoms with E-state index in [0.717, 1.165) is 19.3 Å². The number of likely N-dealkylation sites (N-methyl/N-ethyl adjacent to an activating group) is 1. The Morgan fingerprint density at radius 3 is 2.23 bits per heavy atom. The van der Waals surface area contributed by atoms with E-state index in [9.17, 15) is 24.3 Å². The molecule has 214 valence electrons. The van der Waals surface area contributed by atoms with Crippen molar-refractivity contribution in [2.45, 2.75) is 76.4 Å². The second-order valence-corrected chi connectivity index (χ2v) is 12.0. The van der Waals surface area contributed by atoms with E-state index in [4.69, 9.17) is 10.5 Å². The van der Waals surface area contributed by atoms with Crippen LogP contribution in [-0.2, 0) is 16.1 Å². The molecule has 12 heteroatoms. The predicted octanol–water partition coefficient (Wildman–Crippen LogP) is 1.27. The number of aliphatic imine (C=N–C) groups is 1. The largest absolute Gasteiger partial charge is 0.494 e. The van der Waals surface area contributed by atoms with Crippen molar-refractivity contribution in [3.05, 3.63) is 26.4 Å². The van der Waals surface area contributed by atoms with Crippen molar-refractivity contribution in [3.8, 4) is 5.88 Å². The fourth-order valence-corrected chi connectivity index (χ4v) is 6.66. The Bertz CT molecular complexity index is 1290. The summed E-state index contributed by atoms with van der Waals surface area (Å²) in [6.07, 6.45) is 6.11. The van der Waals surface area contributed by atoms with Gasteiger partial charge in [0.05, 0.1) is 13.2 Å². The number of carbonyl (C=O) groups is 2. The lowest BCUT2D eigenvalue weighted by Gasteiger charge is -2.40. The van der Waals surface area contributed by atoms with Gasteiger partial charge in [0.15, 0.2) is 0 Å². The lowest BCUT2D eigenvalue weighted by Crippen LogP contribution is -2.52. The van der Waals surface area contributed by atoms with E-state index >= 15 is 0 Å². The van der Waals surface area contributed by atoms with Crippen LogP contribution in [0.15, 0.2) is 14.6 Å². The van der Waals surface area contributed by atoms with Crippen LogP contribution < -0.4 is 17.0 Å². The number of hydrogen-bond acceptors (Lipinski definition) is 7. The molecule has 0 aromatic carbocycles. The molecule has 1 atom stereocenters. The number of urea groups is 1. The summed E-state index contributed by atoms with van der Waals surface area (Å²) < 4.78 is 7.82. The highest BCUT2D eigenvalue weighted by atomic mass is 16.5. The molecule has 1 aromatic heterocycles. The maximum absolute atomic E-state index is 13.5. The number of amides is 3. The first-order valence-electron chi connectivity index (χ1n) is 14.0. The number of ether oxygens (including phenoxy) is 1. The van der Waals surface area contributed by atoms with Gasteiger partial charge in [-0.3, -0.25) is 28.6 Å². The fraction of sp³-hybridized carbons (Fsp3) is 0.741. The van der Waals surface area contributed by atoms with E-state index in [1.165, 1.54) is 28.1 Å². The number of carbonyl (C=O) groups excluding carboxylic acids is 2. The predicted molar refractivity (Wildman–Crippen MR) is 144 cm³/mol. The van der Waals surface area contributed by atoms with Gasteiger partial charge >= 0.3 is 11.7 Å². The monoisotopic (exact) mass is 544 g/mol. The SMILES string of the molecule is CN=C(N)c1c(O)n(CC2CCC2)c(=O)n(C2CCC(C[C@]3(C)C(=O)N(C)C(=O)N3CC3COC3)CC2)c1=O. The molecule has 2 saturated heterocycles. The first-order chi connectivity index (χ1) is 18.6. The van der Waals surface area contributed by atoms with E-state index in [0.29, 0.717) is 58.4 Å². The molecular formula is C27H40N6O6. The molecule has 39 heavy (non-hydrogen) atoms. The van der Waals surface area contributed by atoms with Gasteiger partial charge in [-0.25, -0.2) is 9.59 Å². The molecule has 1 aromatic rings. The minimum atomic E-state index is -0.928. The summed E-state index contributed by atoms with van der Waals surface area (Å²) in [5, 5.41) is 10.9. The number of amidine groups is 1. The number of aromatic nitrogens is 2. The van der Waals surface area contributed by atoms with Crippen LogP contribution in [0.1, 0.15) is 69.9 Å². The minimum absolute atomic E-state index is 0.0966. The van der Waals surface area contributed by atoms with Crippen LogP contribution in [0.2, 0.25) is 0 Å². The van der Waals surface area contributed by atoms with Gasteiger partial charge in [-0.1, -0.05) is 6.42 Å². The van der Waals surface area contributed by atoms with Crippen LogP contribution in [0, 0.1) is 17.8 Å². The Balaban J connectivity index is 1.36. The van der Waals surface area contributed by atoms with Crippen molar-refractivity contribution < 1.29 is 19.4 Å². The number of nitrogens with zero attached hydrogens (tertiary/aromatic N) is 5. The average Bonchev–Trinajstić information content (AvgIpc) is 3.00. The summed E-state index contributed by atoms with van der Waals surface area (Å²) in [6.45, 7) is 3.88. The summed E-state index contributed by atoms with van der Waals surface area (Å²) in [4.78, 5) is 59.9. The second kappa shape index (κ2) is 10.4. The number of nitrogens with two attached hydrogens (primary N) is 1. The quantitative estimate of drug-likeness (QED) is 0.284. The molecule has 0 unspecified atom stereocenters. The Kier molecular flexibility index (Phi) is 7.34. The molecule has 3 heterocycles. The molecule has 2 aliphatic carbocycles. The van der Waals surface area contributed by atoms with Crippen molar-refractivity contribution in [1.29, 1.82) is 0 Å². The molecule has 4 aliphatic rings. The third-order valence-corrected chi connectivity index (χ3v) is 9.41. The minimum Gasteiger partial charge on any atom is -0.494 e. The maximum Gasteiger partial charge on any atom is 0.334 e. The van der Waals surface area contributed by atoms with Crippen LogP contribution in [0.5, 0.6) is 5.88 Å². The summed E-state index contributed by atoms with van der Waals surface area (Å²) in [7, 11) is 2.98. The Hall–Kier alpha value is -3.15. The van der Waals surface area contributed by atoms with E-state index < -0.39 is 22.7 Å². The maximum atomic E-state index is 13.5. The Morgan fingerprint density at radius 2 is 1.69 bits per heavy atom. The van der Waals surface area contributed by atoms with Crippen LogP contribution >= 0.6 is 0 Å². The van der Waals surface area contributed by atoms with Gasteiger partial charge < -0.3 is 20.5 Å². The molecule has 4 fully saturated rings. The van der Waals surface area contributed by atoms with Gasteiger partial charge in [-0.2, -0.15) is 0 Å². The summed E-state index contributed by atoms with van der Waals surface area (Å²) in [5.74, 6) is -0.0316. The normalized spacial score (nSPS) is 28.6. The smallest absolute Gasteiger partial charge is 0.334 e. The number of aromatic hydroxyl groups is 1. The third-order valence-electron chi connectivity index (χ3n) is 9.41. The zero-order valence-corrected chi connectivity index (χ0v) is 23.1. The van der Waals surface area contributed by atoms with Crippen molar-refractivity contribution in [3.63, 3.8) is 0 Å². The highest BCUT2D eigenvalue weighted by molar-refractivity contribution is 6.06. The number of hydrogen-bond donors (Lipinski definition) is 2. The van der Waals surface area contributed by atoms with Gasteiger partial charge in [0.2, 0.25) is 5.88 Å². The van der Waals surface area contributed by atoms with Crippen molar-refractivity contribution in [2.24, 2.45) is 28.5 Å².